The zero-order valence-corrected chi connectivity index (χ0v) is 13.7. The molecule has 0 radical (unpaired) electrons. The van der Waals surface area contributed by atoms with Gasteiger partial charge in [-0.15, -0.1) is 0 Å². The van der Waals surface area contributed by atoms with E-state index in [4.69, 9.17) is 5.21 Å². The van der Waals surface area contributed by atoms with Gasteiger partial charge in [0.2, 0.25) is 0 Å². The smallest absolute Gasteiger partial charge is 0.768 e. The van der Waals surface area contributed by atoms with Crippen molar-refractivity contribution in [2.45, 2.75) is 11.8 Å². The van der Waals surface area contributed by atoms with Gasteiger partial charge in [-0.3, -0.25) is 14.2 Å². The molecule has 1 aromatic rings. The summed E-state index contributed by atoms with van der Waals surface area (Å²) in [4.78, 5) is 10.4. The molecular weight excluding hydrogens is 277 g/mol. The Kier molecular flexibility index (Phi) is 12.0. The quantitative estimate of drug-likeness (QED) is 0.237. The van der Waals surface area contributed by atoms with Gasteiger partial charge in [-0.25, -0.2) is 5.48 Å². The zero-order chi connectivity index (χ0) is 14.1. The Morgan fingerprint density at radius 2 is 1.89 bits per heavy atom. The SMILES string of the molecule is C=C(C)C(=O)NO.C=Cc1ccc(S(=O)[O-])cc1.[Na+]. The molecule has 98 valence electrons. The van der Waals surface area contributed by atoms with Gasteiger partial charge < -0.3 is 4.55 Å². The van der Waals surface area contributed by atoms with Crippen molar-refractivity contribution in [2.24, 2.45) is 0 Å². The molecule has 19 heavy (non-hydrogen) atoms. The Bertz CT molecular complexity index is 459. The van der Waals surface area contributed by atoms with Crippen LogP contribution in [0.1, 0.15) is 12.5 Å². The number of hydrogen-bond acceptors (Lipinski definition) is 4. The standard InChI is InChI=1S/C8H8O2S.C4H7NO2.Na/c1-2-7-3-5-8(6-4-7)11(9)10;1-3(2)4(6)5-7;/h2-6H,1H2,(H,9,10);7H,1H2,2H3,(H,5,6);/q;;+1/p-1. The number of hydrogen-bond donors (Lipinski definition) is 2. The van der Waals surface area contributed by atoms with Crippen LogP contribution in [0.5, 0.6) is 0 Å². The van der Waals surface area contributed by atoms with E-state index >= 15 is 0 Å². The third-order valence-corrected chi connectivity index (χ3v) is 2.45. The van der Waals surface area contributed by atoms with Crippen molar-refractivity contribution in [3.8, 4) is 0 Å². The van der Waals surface area contributed by atoms with Crippen LogP contribution in [0.3, 0.4) is 0 Å². The van der Waals surface area contributed by atoms with Crippen molar-refractivity contribution in [3.63, 3.8) is 0 Å². The Labute approximate surface area is 136 Å². The number of rotatable bonds is 3. The molecule has 0 saturated heterocycles. The number of benzene rings is 1. The number of nitrogens with one attached hydrogen (secondary N) is 1. The van der Waals surface area contributed by atoms with Crippen molar-refractivity contribution in [1.82, 2.24) is 5.48 Å². The topological polar surface area (TPSA) is 89.5 Å². The second-order valence-corrected chi connectivity index (χ2v) is 4.17. The number of carbonyl (C=O) groups is 1. The van der Waals surface area contributed by atoms with Crippen molar-refractivity contribution < 1.29 is 48.3 Å². The van der Waals surface area contributed by atoms with E-state index in [1.807, 2.05) is 0 Å². The van der Waals surface area contributed by atoms with Crippen LogP contribution in [0, 0.1) is 0 Å². The summed E-state index contributed by atoms with van der Waals surface area (Å²) in [7, 11) is 0. The molecule has 1 amide bonds. The Hall–Kier alpha value is -0.760. The van der Waals surface area contributed by atoms with Gasteiger partial charge in [0.15, 0.2) is 0 Å². The minimum absolute atomic E-state index is 0. The average molecular weight is 291 g/mol. The van der Waals surface area contributed by atoms with Crippen molar-refractivity contribution in [2.75, 3.05) is 0 Å². The second-order valence-electron chi connectivity index (χ2n) is 3.23. The fourth-order valence-corrected chi connectivity index (χ4v) is 1.17. The van der Waals surface area contributed by atoms with E-state index < -0.39 is 17.0 Å². The van der Waals surface area contributed by atoms with Gasteiger partial charge in [0, 0.05) is 10.5 Å². The molecule has 1 atom stereocenters. The summed E-state index contributed by atoms with van der Waals surface area (Å²) >= 11 is -2.12. The number of hydroxylamine groups is 1. The van der Waals surface area contributed by atoms with Gasteiger partial charge in [-0.05, 0) is 35.7 Å². The predicted molar refractivity (Wildman–Crippen MR) is 68.5 cm³/mol. The maximum atomic E-state index is 10.4. The molecule has 7 heteroatoms. The minimum atomic E-state index is -2.12. The van der Waals surface area contributed by atoms with E-state index in [2.05, 4.69) is 13.2 Å². The van der Waals surface area contributed by atoms with Gasteiger partial charge in [-0.1, -0.05) is 31.4 Å². The van der Waals surface area contributed by atoms with Crippen LogP contribution in [0.2, 0.25) is 0 Å². The summed E-state index contributed by atoms with van der Waals surface area (Å²) in [6.45, 7) is 8.31. The third kappa shape index (κ3) is 8.88. The van der Waals surface area contributed by atoms with Crippen LogP contribution >= 0.6 is 0 Å². The molecule has 0 aliphatic heterocycles. The zero-order valence-electron chi connectivity index (χ0n) is 10.9. The van der Waals surface area contributed by atoms with Gasteiger partial charge in [0.05, 0.1) is 0 Å². The molecular formula is C12H14NNaO4S. The molecule has 0 aliphatic carbocycles. The first-order valence-electron chi connectivity index (χ1n) is 4.84. The van der Waals surface area contributed by atoms with Gasteiger partial charge in [-0.2, -0.15) is 0 Å². The van der Waals surface area contributed by atoms with Crippen LogP contribution in [-0.2, 0) is 15.9 Å². The molecule has 1 unspecified atom stereocenters. The summed E-state index contributed by atoms with van der Waals surface area (Å²) in [5.41, 5.74) is 2.64. The summed E-state index contributed by atoms with van der Waals surface area (Å²) in [6, 6.07) is 6.50. The maximum absolute atomic E-state index is 10.4. The largest absolute Gasteiger partial charge is 1.00 e. The molecule has 0 aliphatic rings. The first-order valence-corrected chi connectivity index (χ1v) is 5.91. The fraction of sp³-hybridized carbons (Fsp3) is 0.0833. The molecule has 1 aromatic carbocycles. The molecule has 0 saturated carbocycles. The number of carbonyl (C=O) groups excluding carboxylic acids is 1. The van der Waals surface area contributed by atoms with Gasteiger partial charge in [0.25, 0.3) is 5.91 Å². The van der Waals surface area contributed by atoms with Gasteiger partial charge in [0.1, 0.15) is 0 Å². The first kappa shape index (κ1) is 20.6. The van der Waals surface area contributed by atoms with Crippen LogP contribution in [0.25, 0.3) is 6.08 Å². The molecule has 0 fully saturated rings. The number of amides is 1. The summed E-state index contributed by atoms with van der Waals surface area (Å²) < 4.78 is 20.7. The van der Waals surface area contributed by atoms with E-state index in [1.54, 1.807) is 30.3 Å². The fourth-order valence-electron chi connectivity index (χ4n) is 0.810. The van der Waals surface area contributed by atoms with E-state index in [0.717, 1.165) is 5.56 Å². The molecule has 0 spiro atoms. The predicted octanol–water partition coefficient (Wildman–Crippen LogP) is -1.36. The second kappa shape index (κ2) is 11.1. The van der Waals surface area contributed by atoms with E-state index in [0.29, 0.717) is 10.5 Å². The Morgan fingerprint density at radius 3 is 2.11 bits per heavy atom. The molecule has 5 nitrogen and oxygen atoms in total. The maximum Gasteiger partial charge on any atom is 1.00 e. The Morgan fingerprint density at radius 1 is 1.42 bits per heavy atom. The van der Waals surface area contributed by atoms with Crippen molar-refractivity contribution in [3.05, 3.63) is 48.6 Å². The van der Waals surface area contributed by atoms with E-state index in [-0.39, 0.29) is 29.6 Å². The summed E-state index contributed by atoms with van der Waals surface area (Å²) in [5.74, 6) is -0.542. The molecule has 0 aromatic heterocycles. The van der Waals surface area contributed by atoms with Crippen LogP contribution in [0.4, 0.5) is 0 Å². The molecule has 1 rings (SSSR count). The van der Waals surface area contributed by atoms with Crippen LogP contribution in [-0.4, -0.2) is 19.9 Å². The average Bonchev–Trinajstić information content (AvgIpc) is 2.38. The minimum Gasteiger partial charge on any atom is -0.768 e. The normalized spacial score (nSPS) is 10.1. The van der Waals surface area contributed by atoms with E-state index in [1.165, 1.54) is 12.4 Å². The van der Waals surface area contributed by atoms with Crippen molar-refractivity contribution >= 4 is 23.1 Å². The first-order chi connectivity index (χ1) is 8.42. The third-order valence-electron chi connectivity index (χ3n) is 1.80. The molecule has 2 N–H and O–H groups in total. The Balaban J connectivity index is 0. The molecule has 0 bridgehead atoms. The molecule has 0 heterocycles. The van der Waals surface area contributed by atoms with Crippen molar-refractivity contribution in [1.29, 1.82) is 0 Å². The van der Waals surface area contributed by atoms with Crippen LogP contribution < -0.4 is 35.0 Å². The van der Waals surface area contributed by atoms with Gasteiger partial charge >= 0.3 is 29.6 Å². The monoisotopic (exact) mass is 291 g/mol. The van der Waals surface area contributed by atoms with E-state index in [9.17, 15) is 13.6 Å². The van der Waals surface area contributed by atoms with Crippen LogP contribution in [0.15, 0.2) is 47.9 Å². The summed E-state index contributed by atoms with van der Waals surface area (Å²) in [6.07, 6.45) is 1.66. The summed E-state index contributed by atoms with van der Waals surface area (Å²) in [5, 5.41) is 7.84.